The SMILES string of the molecule is Cc1ccc(C(=O)Nc2ccc(C(=O)CN3C(=O)CSC3=O)cc2)cc1. The number of amides is 3. The Bertz CT molecular complexity index is 859. The van der Waals surface area contributed by atoms with Gasteiger partial charge in [-0.25, -0.2) is 0 Å². The smallest absolute Gasteiger partial charge is 0.289 e. The summed E-state index contributed by atoms with van der Waals surface area (Å²) in [5.74, 6) is -0.842. The third-order valence-electron chi connectivity index (χ3n) is 3.92. The molecule has 0 saturated carbocycles. The number of nitrogens with one attached hydrogen (secondary N) is 1. The van der Waals surface area contributed by atoms with E-state index >= 15 is 0 Å². The van der Waals surface area contributed by atoms with Gasteiger partial charge in [0.15, 0.2) is 5.78 Å². The molecule has 2 aromatic rings. The minimum absolute atomic E-state index is 0.0795. The number of benzene rings is 2. The zero-order valence-electron chi connectivity index (χ0n) is 14.0. The van der Waals surface area contributed by atoms with Crippen LogP contribution in [0.25, 0.3) is 0 Å². The molecule has 132 valence electrons. The highest BCUT2D eigenvalue weighted by Gasteiger charge is 2.31. The monoisotopic (exact) mass is 368 g/mol. The van der Waals surface area contributed by atoms with Crippen LogP contribution in [-0.2, 0) is 4.79 Å². The summed E-state index contributed by atoms with van der Waals surface area (Å²) in [6.45, 7) is 1.68. The van der Waals surface area contributed by atoms with E-state index in [4.69, 9.17) is 0 Å². The summed E-state index contributed by atoms with van der Waals surface area (Å²) in [5, 5.41) is 2.36. The van der Waals surface area contributed by atoms with Crippen LogP contribution in [0.1, 0.15) is 26.3 Å². The predicted molar refractivity (Wildman–Crippen MR) is 99.5 cm³/mol. The van der Waals surface area contributed by atoms with Crippen LogP contribution in [0.3, 0.4) is 0 Å². The van der Waals surface area contributed by atoms with Crippen LogP contribution in [-0.4, -0.2) is 40.0 Å². The zero-order chi connectivity index (χ0) is 18.7. The number of nitrogens with zero attached hydrogens (tertiary/aromatic N) is 1. The van der Waals surface area contributed by atoms with Crippen molar-refractivity contribution in [1.82, 2.24) is 4.90 Å². The first-order valence-electron chi connectivity index (χ1n) is 7.92. The number of anilines is 1. The number of imide groups is 1. The fourth-order valence-corrected chi connectivity index (χ4v) is 3.14. The molecule has 26 heavy (non-hydrogen) atoms. The van der Waals surface area contributed by atoms with Gasteiger partial charge in [0.05, 0.1) is 12.3 Å². The second-order valence-electron chi connectivity index (χ2n) is 5.86. The van der Waals surface area contributed by atoms with E-state index in [1.54, 1.807) is 36.4 Å². The Morgan fingerprint density at radius 1 is 1.00 bits per heavy atom. The molecule has 1 aliphatic rings. The molecule has 1 N–H and O–H groups in total. The first-order valence-corrected chi connectivity index (χ1v) is 8.91. The molecule has 2 aromatic carbocycles. The molecule has 0 atom stereocenters. The van der Waals surface area contributed by atoms with Gasteiger partial charge in [-0.15, -0.1) is 0 Å². The quantitative estimate of drug-likeness (QED) is 0.820. The molecule has 7 heteroatoms. The number of rotatable bonds is 5. The normalized spacial score (nSPS) is 13.8. The van der Waals surface area contributed by atoms with Crippen LogP contribution < -0.4 is 5.32 Å². The summed E-state index contributed by atoms with van der Waals surface area (Å²) >= 11 is 0.896. The van der Waals surface area contributed by atoms with Crippen molar-refractivity contribution in [3.63, 3.8) is 0 Å². The first-order chi connectivity index (χ1) is 12.4. The minimum atomic E-state index is -0.398. The number of thioether (sulfide) groups is 1. The molecule has 1 saturated heterocycles. The molecule has 1 fully saturated rings. The van der Waals surface area contributed by atoms with E-state index in [2.05, 4.69) is 5.32 Å². The van der Waals surface area contributed by atoms with Crippen molar-refractivity contribution in [3.8, 4) is 0 Å². The van der Waals surface area contributed by atoms with Gasteiger partial charge in [0.1, 0.15) is 0 Å². The van der Waals surface area contributed by atoms with E-state index in [0.717, 1.165) is 22.2 Å². The maximum absolute atomic E-state index is 12.2. The highest BCUT2D eigenvalue weighted by Crippen LogP contribution is 2.19. The van der Waals surface area contributed by atoms with Crippen LogP contribution >= 0.6 is 11.8 Å². The fraction of sp³-hybridized carbons (Fsp3) is 0.158. The number of hydrogen-bond acceptors (Lipinski definition) is 5. The maximum atomic E-state index is 12.2. The van der Waals surface area contributed by atoms with Gasteiger partial charge < -0.3 is 5.32 Å². The van der Waals surface area contributed by atoms with E-state index in [1.165, 1.54) is 0 Å². The van der Waals surface area contributed by atoms with Crippen molar-refractivity contribution < 1.29 is 19.2 Å². The summed E-state index contributed by atoms with van der Waals surface area (Å²) < 4.78 is 0. The Morgan fingerprint density at radius 2 is 1.62 bits per heavy atom. The number of hydrogen-bond donors (Lipinski definition) is 1. The van der Waals surface area contributed by atoms with Crippen LogP contribution in [0.15, 0.2) is 48.5 Å². The number of Topliss-reactive ketones (excluding diaryl/α,β-unsaturated/α-hetero) is 1. The van der Waals surface area contributed by atoms with Gasteiger partial charge in [-0.05, 0) is 43.3 Å². The standard InChI is InChI=1S/C19H16N2O4S/c1-12-2-4-14(5-3-12)18(24)20-15-8-6-13(7-9-15)16(22)10-21-17(23)11-26-19(21)25/h2-9H,10-11H2,1H3,(H,20,24). The van der Waals surface area contributed by atoms with Crippen molar-refractivity contribution in [2.45, 2.75) is 6.92 Å². The predicted octanol–water partition coefficient (Wildman–Crippen LogP) is 3.13. The number of aryl methyl sites for hydroxylation is 1. The van der Waals surface area contributed by atoms with Crippen molar-refractivity contribution in [2.24, 2.45) is 0 Å². The van der Waals surface area contributed by atoms with Crippen molar-refractivity contribution in [3.05, 3.63) is 65.2 Å². The molecule has 3 amide bonds. The van der Waals surface area contributed by atoms with E-state index in [-0.39, 0.29) is 29.9 Å². The first kappa shape index (κ1) is 17.9. The fourth-order valence-electron chi connectivity index (χ4n) is 2.42. The molecule has 3 rings (SSSR count). The third-order valence-corrected chi connectivity index (χ3v) is 4.78. The number of ketones is 1. The van der Waals surface area contributed by atoms with E-state index in [9.17, 15) is 19.2 Å². The molecule has 1 heterocycles. The van der Waals surface area contributed by atoms with Crippen LogP contribution in [0.5, 0.6) is 0 Å². The Morgan fingerprint density at radius 3 is 2.19 bits per heavy atom. The molecule has 1 aliphatic heterocycles. The largest absolute Gasteiger partial charge is 0.322 e. The van der Waals surface area contributed by atoms with Crippen molar-refractivity contribution in [1.29, 1.82) is 0 Å². The zero-order valence-corrected chi connectivity index (χ0v) is 14.8. The Kier molecular flexibility index (Phi) is 5.18. The number of carbonyl (C=O) groups excluding carboxylic acids is 4. The van der Waals surface area contributed by atoms with Gasteiger partial charge in [-0.3, -0.25) is 24.1 Å². The molecule has 0 bridgehead atoms. The summed E-state index contributed by atoms with van der Waals surface area (Å²) in [6.07, 6.45) is 0. The molecule has 0 aliphatic carbocycles. The Balaban J connectivity index is 1.63. The minimum Gasteiger partial charge on any atom is -0.322 e. The van der Waals surface area contributed by atoms with Gasteiger partial charge >= 0.3 is 0 Å². The maximum Gasteiger partial charge on any atom is 0.289 e. The summed E-state index contributed by atoms with van der Waals surface area (Å²) in [7, 11) is 0. The average Bonchev–Trinajstić information content (AvgIpc) is 2.94. The van der Waals surface area contributed by atoms with E-state index in [1.807, 2.05) is 19.1 Å². The lowest BCUT2D eigenvalue weighted by atomic mass is 10.1. The second-order valence-corrected chi connectivity index (χ2v) is 6.78. The average molecular weight is 368 g/mol. The van der Waals surface area contributed by atoms with E-state index < -0.39 is 5.24 Å². The molecule has 0 spiro atoms. The molecule has 0 radical (unpaired) electrons. The third kappa shape index (κ3) is 4.00. The van der Waals surface area contributed by atoms with Gasteiger partial charge in [0, 0.05) is 16.8 Å². The van der Waals surface area contributed by atoms with Gasteiger partial charge in [-0.2, -0.15) is 0 Å². The van der Waals surface area contributed by atoms with Crippen LogP contribution in [0.2, 0.25) is 0 Å². The molecular weight excluding hydrogens is 352 g/mol. The Labute approximate surface area is 154 Å². The molecular formula is C19H16N2O4S. The molecule has 6 nitrogen and oxygen atoms in total. The van der Waals surface area contributed by atoms with Crippen molar-refractivity contribution in [2.75, 3.05) is 17.6 Å². The van der Waals surface area contributed by atoms with Crippen LogP contribution in [0.4, 0.5) is 10.5 Å². The lowest BCUT2D eigenvalue weighted by molar-refractivity contribution is -0.124. The van der Waals surface area contributed by atoms with Crippen LogP contribution in [0, 0.1) is 6.92 Å². The van der Waals surface area contributed by atoms with Crippen molar-refractivity contribution >= 4 is 40.3 Å². The molecule has 0 unspecified atom stereocenters. The lowest BCUT2D eigenvalue weighted by Crippen LogP contribution is -2.33. The second kappa shape index (κ2) is 7.53. The van der Waals surface area contributed by atoms with Gasteiger partial charge in [-0.1, -0.05) is 29.5 Å². The number of carbonyl (C=O) groups is 4. The van der Waals surface area contributed by atoms with E-state index in [0.29, 0.717) is 16.8 Å². The Hall–Kier alpha value is -2.93. The van der Waals surface area contributed by atoms with Gasteiger partial charge in [0.25, 0.3) is 11.1 Å². The van der Waals surface area contributed by atoms with Gasteiger partial charge in [0.2, 0.25) is 5.91 Å². The molecule has 0 aromatic heterocycles. The topological polar surface area (TPSA) is 83.6 Å². The summed E-state index contributed by atoms with van der Waals surface area (Å²) in [6, 6.07) is 13.5. The summed E-state index contributed by atoms with van der Waals surface area (Å²) in [5.41, 5.74) is 2.53. The highest BCUT2D eigenvalue weighted by molar-refractivity contribution is 8.14. The highest BCUT2D eigenvalue weighted by atomic mass is 32.2. The summed E-state index contributed by atoms with van der Waals surface area (Å²) in [4.78, 5) is 48.5. The lowest BCUT2D eigenvalue weighted by Gasteiger charge is -2.12.